The Hall–Kier alpha value is -0.420. The monoisotopic (exact) mass is 165 g/mol. The van der Waals surface area contributed by atoms with Crippen LogP contribution in [0.4, 0.5) is 4.79 Å². The second kappa shape index (κ2) is 6.70. The molecule has 1 amide bonds. The Morgan fingerprint density at radius 1 is 1.60 bits per heavy atom. The lowest BCUT2D eigenvalue weighted by Crippen LogP contribution is -2.14. The maximum Gasteiger partial charge on any atom is 0.404 e. The van der Waals surface area contributed by atoms with Gasteiger partial charge in [-0.05, 0) is 0 Å². The van der Waals surface area contributed by atoms with Crippen LogP contribution in [0.1, 0.15) is 0 Å². The number of aliphatic hydroxyl groups excluding tert-OH is 1. The topological polar surface area (TPSA) is 72.6 Å². The van der Waals surface area contributed by atoms with Crippen molar-refractivity contribution in [3.63, 3.8) is 0 Å². The number of hydrogen-bond donors (Lipinski definition) is 2. The fourth-order valence-corrected chi connectivity index (χ4v) is 0.902. The highest BCUT2D eigenvalue weighted by atomic mass is 32.2. The number of thioether (sulfide) groups is 1. The second-order valence-corrected chi connectivity index (χ2v) is 2.73. The molecular formula is C5H11NO3S. The molecule has 0 aromatic carbocycles. The number of primary amides is 1. The van der Waals surface area contributed by atoms with Crippen LogP contribution in [0.2, 0.25) is 0 Å². The zero-order chi connectivity index (χ0) is 7.82. The maximum absolute atomic E-state index is 9.97. The molecule has 4 nitrogen and oxygen atoms in total. The zero-order valence-corrected chi connectivity index (χ0v) is 6.39. The van der Waals surface area contributed by atoms with Crippen LogP contribution in [0.15, 0.2) is 0 Å². The van der Waals surface area contributed by atoms with Gasteiger partial charge in [-0.2, -0.15) is 11.8 Å². The highest BCUT2D eigenvalue weighted by molar-refractivity contribution is 7.99. The van der Waals surface area contributed by atoms with Gasteiger partial charge in [0.15, 0.2) is 0 Å². The molecule has 3 N–H and O–H groups in total. The van der Waals surface area contributed by atoms with E-state index < -0.39 is 6.09 Å². The molecule has 60 valence electrons. The van der Waals surface area contributed by atoms with Gasteiger partial charge in [-0.25, -0.2) is 4.79 Å². The summed E-state index contributed by atoms with van der Waals surface area (Å²) in [4.78, 5) is 9.97. The molecule has 0 atom stereocenters. The first kappa shape index (κ1) is 9.58. The van der Waals surface area contributed by atoms with Gasteiger partial charge in [0, 0.05) is 11.5 Å². The van der Waals surface area contributed by atoms with E-state index in [0.29, 0.717) is 18.1 Å². The summed E-state index contributed by atoms with van der Waals surface area (Å²) in [5.41, 5.74) is 4.69. The van der Waals surface area contributed by atoms with Gasteiger partial charge in [0.05, 0.1) is 6.61 Å². The molecule has 0 fully saturated rings. The Kier molecular flexibility index (Phi) is 6.42. The van der Waals surface area contributed by atoms with E-state index in [2.05, 4.69) is 10.5 Å². The summed E-state index contributed by atoms with van der Waals surface area (Å²) in [6.45, 7) is 0.473. The van der Waals surface area contributed by atoms with Crippen LogP contribution in [0.3, 0.4) is 0 Å². The van der Waals surface area contributed by atoms with Crippen molar-refractivity contribution < 1.29 is 14.6 Å². The van der Waals surface area contributed by atoms with Crippen molar-refractivity contribution in [1.29, 1.82) is 0 Å². The van der Waals surface area contributed by atoms with Gasteiger partial charge in [-0.3, -0.25) is 0 Å². The van der Waals surface area contributed by atoms with Crippen LogP contribution in [0.25, 0.3) is 0 Å². The fraction of sp³-hybridized carbons (Fsp3) is 0.800. The first-order chi connectivity index (χ1) is 4.77. The quantitative estimate of drug-likeness (QED) is 0.554. The summed E-state index contributed by atoms with van der Waals surface area (Å²) in [5.74, 6) is 1.35. The summed E-state index contributed by atoms with van der Waals surface area (Å²) >= 11 is 1.51. The Bertz CT molecular complexity index is 98.9. The van der Waals surface area contributed by atoms with Crippen LogP contribution in [0, 0.1) is 0 Å². The lowest BCUT2D eigenvalue weighted by atomic mass is 10.8. The fourth-order valence-electron chi connectivity index (χ4n) is 0.368. The van der Waals surface area contributed by atoms with Crippen molar-refractivity contribution in [2.24, 2.45) is 5.73 Å². The van der Waals surface area contributed by atoms with Crippen molar-refractivity contribution >= 4 is 17.9 Å². The SMILES string of the molecule is NC(=O)OCCSCCO. The number of amides is 1. The molecule has 0 aromatic rings. The van der Waals surface area contributed by atoms with E-state index in [4.69, 9.17) is 5.11 Å². The third-order valence-electron chi connectivity index (χ3n) is 0.708. The van der Waals surface area contributed by atoms with E-state index in [1.165, 1.54) is 11.8 Å². The van der Waals surface area contributed by atoms with Crippen molar-refractivity contribution in [3.05, 3.63) is 0 Å². The van der Waals surface area contributed by atoms with E-state index in [1.54, 1.807) is 0 Å². The minimum Gasteiger partial charge on any atom is -0.449 e. The average molecular weight is 165 g/mol. The molecule has 0 unspecified atom stereocenters. The first-order valence-corrected chi connectivity index (χ1v) is 4.03. The van der Waals surface area contributed by atoms with E-state index in [-0.39, 0.29) is 6.61 Å². The molecule has 0 spiro atoms. The Labute approximate surface area is 63.7 Å². The summed E-state index contributed by atoms with van der Waals surface area (Å²) in [7, 11) is 0. The molecule has 0 aliphatic rings. The van der Waals surface area contributed by atoms with Crippen LogP contribution < -0.4 is 5.73 Å². The van der Waals surface area contributed by atoms with Gasteiger partial charge in [0.25, 0.3) is 0 Å². The molecule has 0 heterocycles. The molecule has 10 heavy (non-hydrogen) atoms. The third-order valence-corrected chi connectivity index (χ3v) is 1.63. The average Bonchev–Trinajstić information content (AvgIpc) is 1.87. The summed E-state index contributed by atoms with van der Waals surface area (Å²) in [5, 5.41) is 8.32. The van der Waals surface area contributed by atoms with Gasteiger partial charge in [0.2, 0.25) is 0 Å². The number of carbonyl (C=O) groups excluding carboxylic acids is 1. The number of ether oxygens (including phenoxy) is 1. The van der Waals surface area contributed by atoms with Gasteiger partial charge in [0.1, 0.15) is 6.61 Å². The smallest absolute Gasteiger partial charge is 0.404 e. The van der Waals surface area contributed by atoms with Gasteiger partial charge >= 0.3 is 6.09 Å². The summed E-state index contributed by atoms with van der Waals surface area (Å²) < 4.78 is 4.42. The Morgan fingerprint density at radius 2 is 2.30 bits per heavy atom. The van der Waals surface area contributed by atoms with Crippen LogP contribution in [-0.2, 0) is 4.74 Å². The molecular weight excluding hydrogens is 154 g/mol. The van der Waals surface area contributed by atoms with E-state index >= 15 is 0 Å². The maximum atomic E-state index is 9.97. The predicted octanol–water partition coefficient (Wildman–Crippen LogP) is -0.193. The van der Waals surface area contributed by atoms with Crippen LogP contribution in [0.5, 0.6) is 0 Å². The van der Waals surface area contributed by atoms with E-state index in [9.17, 15) is 4.79 Å². The van der Waals surface area contributed by atoms with E-state index in [0.717, 1.165) is 0 Å². The molecule has 5 heteroatoms. The molecule has 0 saturated carbocycles. The number of rotatable bonds is 5. The number of nitrogens with two attached hydrogens (primary N) is 1. The lowest BCUT2D eigenvalue weighted by Gasteiger charge is -1.98. The molecule has 0 aromatic heterocycles. The number of hydrogen-bond acceptors (Lipinski definition) is 4. The van der Waals surface area contributed by atoms with Crippen LogP contribution in [-0.4, -0.2) is 35.9 Å². The first-order valence-electron chi connectivity index (χ1n) is 2.88. The van der Waals surface area contributed by atoms with Crippen molar-refractivity contribution in [2.75, 3.05) is 24.7 Å². The molecule has 0 saturated heterocycles. The van der Waals surface area contributed by atoms with Crippen molar-refractivity contribution in [3.8, 4) is 0 Å². The molecule has 0 rings (SSSR count). The molecule has 0 aliphatic carbocycles. The summed E-state index contributed by atoms with van der Waals surface area (Å²) in [6.07, 6.45) is -0.746. The summed E-state index contributed by atoms with van der Waals surface area (Å²) in [6, 6.07) is 0. The molecule has 0 radical (unpaired) electrons. The minimum atomic E-state index is -0.746. The van der Waals surface area contributed by atoms with Gasteiger partial charge in [-0.1, -0.05) is 0 Å². The largest absolute Gasteiger partial charge is 0.449 e. The zero-order valence-electron chi connectivity index (χ0n) is 5.58. The third kappa shape index (κ3) is 7.58. The molecule has 0 aliphatic heterocycles. The number of aliphatic hydroxyl groups is 1. The minimum absolute atomic E-state index is 0.154. The molecule has 0 bridgehead atoms. The van der Waals surface area contributed by atoms with Crippen LogP contribution >= 0.6 is 11.8 Å². The van der Waals surface area contributed by atoms with Crippen molar-refractivity contribution in [1.82, 2.24) is 0 Å². The standard InChI is InChI=1S/C5H11NO3S/c6-5(8)9-2-4-10-3-1-7/h7H,1-4H2,(H2,6,8). The van der Waals surface area contributed by atoms with Gasteiger partial charge in [-0.15, -0.1) is 0 Å². The van der Waals surface area contributed by atoms with E-state index in [1.807, 2.05) is 0 Å². The Morgan fingerprint density at radius 3 is 2.80 bits per heavy atom. The Balaban J connectivity index is 2.84. The predicted molar refractivity (Wildman–Crippen MR) is 39.9 cm³/mol. The highest BCUT2D eigenvalue weighted by Gasteiger charge is 1.92. The number of carbonyl (C=O) groups is 1. The lowest BCUT2D eigenvalue weighted by molar-refractivity contribution is 0.164. The van der Waals surface area contributed by atoms with Crippen molar-refractivity contribution in [2.45, 2.75) is 0 Å². The normalized spacial score (nSPS) is 9.30. The highest BCUT2D eigenvalue weighted by Crippen LogP contribution is 1.96. The second-order valence-electron chi connectivity index (χ2n) is 1.50. The van der Waals surface area contributed by atoms with Gasteiger partial charge < -0.3 is 15.6 Å².